The van der Waals surface area contributed by atoms with Crippen LogP contribution in [0.4, 0.5) is 4.79 Å². The number of hydrogen-bond donors (Lipinski definition) is 0. The molecule has 1 aliphatic carbocycles. The van der Waals surface area contributed by atoms with Crippen LogP contribution >= 0.6 is 0 Å². The topological polar surface area (TPSA) is 84.0 Å². The van der Waals surface area contributed by atoms with Gasteiger partial charge in [0.05, 0.1) is 4.90 Å². The summed E-state index contributed by atoms with van der Waals surface area (Å²) in [6, 6.07) is 6.24. The minimum atomic E-state index is -3.66. The Morgan fingerprint density at radius 1 is 1.17 bits per heavy atom. The van der Waals surface area contributed by atoms with Crippen molar-refractivity contribution >= 4 is 21.9 Å². The van der Waals surface area contributed by atoms with Crippen molar-refractivity contribution < 1.29 is 22.7 Å². The monoisotopic (exact) mass is 434 g/mol. The van der Waals surface area contributed by atoms with Crippen LogP contribution in [0.3, 0.4) is 0 Å². The molecule has 7 nitrogen and oxygen atoms in total. The molecule has 1 saturated carbocycles. The molecule has 0 unspecified atom stereocenters. The van der Waals surface area contributed by atoms with E-state index in [0.29, 0.717) is 32.4 Å². The zero-order valence-electron chi connectivity index (χ0n) is 18.1. The standard InChI is InChI=1S/C22H30N2O5S/c1-15-5-7-17(8-6-15)30(27,28)23-11-9-16-13-18(25)19-22(16,14-23)10-12-24(19)20(26)29-21(2,3)4/h5-8,16,19H,9-14H2,1-4H3/t16-,19-,22-/m0/s1. The molecule has 2 aliphatic heterocycles. The third-order valence-corrected chi connectivity index (χ3v) is 8.58. The number of aryl methyl sites for hydroxylation is 1. The lowest BCUT2D eigenvalue weighted by Crippen LogP contribution is -2.54. The summed E-state index contributed by atoms with van der Waals surface area (Å²) in [6.07, 6.45) is 1.17. The molecule has 3 fully saturated rings. The van der Waals surface area contributed by atoms with Crippen LogP contribution < -0.4 is 0 Å². The number of benzene rings is 1. The van der Waals surface area contributed by atoms with Crippen LogP contribution in [0.1, 0.15) is 45.6 Å². The van der Waals surface area contributed by atoms with Crippen molar-refractivity contribution in [2.24, 2.45) is 11.3 Å². The van der Waals surface area contributed by atoms with Crippen LogP contribution in [0, 0.1) is 18.3 Å². The molecule has 30 heavy (non-hydrogen) atoms. The smallest absolute Gasteiger partial charge is 0.410 e. The first-order chi connectivity index (χ1) is 13.9. The Hall–Kier alpha value is -1.93. The summed E-state index contributed by atoms with van der Waals surface area (Å²) < 4.78 is 33.6. The van der Waals surface area contributed by atoms with E-state index in [9.17, 15) is 18.0 Å². The van der Waals surface area contributed by atoms with Gasteiger partial charge in [0.2, 0.25) is 10.0 Å². The van der Waals surface area contributed by atoms with Gasteiger partial charge in [-0.2, -0.15) is 4.31 Å². The van der Waals surface area contributed by atoms with Gasteiger partial charge in [0.1, 0.15) is 11.6 Å². The number of piperidine rings is 1. The molecule has 0 radical (unpaired) electrons. The van der Waals surface area contributed by atoms with Gasteiger partial charge in [0, 0.05) is 31.5 Å². The van der Waals surface area contributed by atoms with Crippen LogP contribution in [0.2, 0.25) is 0 Å². The molecule has 164 valence electrons. The fourth-order valence-electron chi connectivity index (χ4n) is 5.36. The number of rotatable bonds is 2. The summed E-state index contributed by atoms with van der Waals surface area (Å²) in [5, 5.41) is 0. The Bertz CT molecular complexity index is 966. The predicted molar refractivity (Wildman–Crippen MR) is 111 cm³/mol. The largest absolute Gasteiger partial charge is 0.444 e. The molecule has 1 amide bonds. The zero-order chi connectivity index (χ0) is 21.9. The molecular formula is C22H30N2O5S. The van der Waals surface area contributed by atoms with Gasteiger partial charge in [-0.3, -0.25) is 9.69 Å². The number of carbonyl (C=O) groups excluding carboxylic acids is 2. The molecule has 3 atom stereocenters. The third-order valence-electron chi connectivity index (χ3n) is 6.72. The van der Waals surface area contributed by atoms with Gasteiger partial charge in [-0.1, -0.05) is 17.7 Å². The molecule has 1 aromatic rings. The second kappa shape index (κ2) is 7.05. The van der Waals surface area contributed by atoms with Crippen molar-refractivity contribution in [3.8, 4) is 0 Å². The average Bonchev–Trinajstić information content (AvgIpc) is 3.14. The second-order valence-electron chi connectivity index (χ2n) is 9.87. The van der Waals surface area contributed by atoms with Gasteiger partial charge in [-0.15, -0.1) is 0 Å². The predicted octanol–water partition coefficient (Wildman–Crippen LogP) is 2.97. The normalized spacial score (nSPS) is 29.6. The fraction of sp³-hybridized carbons (Fsp3) is 0.636. The number of amides is 1. The van der Waals surface area contributed by atoms with Crippen LogP contribution in [0.25, 0.3) is 0 Å². The molecule has 0 aromatic heterocycles. The van der Waals surface area contributed by atoms with Crippen molar-refractivity contribution in [1.29, 1.82) is 0 Å². The molecule has 2 heterocycles. The van der Waals surface area contributed by atoms with E-state index in [2.05, 4.69) is 0 Å². The first-order valence-electron chi connectivity index (χ1n) is 10.5. The summed E-state index contributed by atoms with van der Waals surface area (Å²) in [5.41, 5.74) is -0.179. The highest BCUT2D eigenvalue weighted by Crippen LogP contribution is 2.55. The molecule has 3 aliphatic rings. The maximum Gasteiger partial charge on any atom is 0.410 e. The number of hydrogen-bond acceptors (Lipinski definition) is 5. The van der Waals surface area contributed by atoms with Crippen molar-refractivity contribution in [3.63, 3.8) is 0 Å². The quantitative estimate of drug-likeness (QED) is 0.715. The lowest BCUT2D eigenvalue weighted by Gasteiger charge is -2.44. The first-order valence-corrected chi connectivity index (χ1v) is 12.0. The van der Waals surface area contributed by atoms with Gasteiger partial charge in [-0.25, -0.2) is 13.2 Å². The summed E-state index contributed by atoms with van der Waals surface area (Å²) in [7, 11) is -3.66. The van der Waals surface area contributed by atoms with Gasteiger partial charge in [0.25, 0.3) is 0 Å². The van der Waals surface area contributed by atoms with E-state index in [1.807, 2.05) is 6.92 Å². The zero-order valence-corrected chi connectivity index (χ0v) is 18.9. The van der Waals surface area contributed by atoms with Crippen LogP contribution in [-0.2, 0) is 19.6 Å². The van der Waals surface area contributed by atoms with E-state index in [1.54, 1.807) is 45.0 Å². The molecule has 8 heteroatoms. The third kappa shape index (κ3) is 3.43. The molecule has 0 bridgehead atoms. The summed E-state index contributed by atoms with van der Waals surface area (Å²) in [4.78, 5) is 27.5. The Balaban J connectivity index is 1.62. The van der Waals surface area contributed by atoms with Crippen molar-refractivity contribution in [3.05, 3.63) is 29.8 Å². The Labute approximate surface area is 178 Å². The van der Waals surface area contributed by atoms with Crippen molar-refractivity contribution in [2.75, 3.05) is 19.6 Å². The number of ketones is 1. The van der Waals surface area contributed by atoms with E-state index in [4.69, 9.17) is 4.74 Å². The minimum absolute atomic E-state index is 0.0259. The SMILES string of the molecule is Cc1ccc(S(=O)(=O)N2CC[C@H]3CC(=O)[C@@H]4N(C(=O)OC(C)(C)C)CC[C@]34C2)cc1. The van der Waals surface area contributed by atoms with Gasteiger partial charge < -0.3 is 4.74 Å². The number of sulfonamides is 1. The maximum atomic E-state index is 13.3. The molecular weight excluding hydrogens is 404 g/mol. The Morgan fingerprint density at radius 3 is 2.47 bits per heavy atom. The minimum Gasteiger partial charge on any atom is -0.444 e. The Kier molecular flexibility index (Phi) is 5.01. The highest BCUT2D eigenvalue weighted by molar-refractivity contribution is 7.89. The second-order valence-corrected chi connectivity index (χ2v) is 11.8. The number of nitrogens with zero attached hydrogens (tertiary/aromatic N) is 2. The van der Waals surface area contributed by atoms with Crippen molar-refractivity contribution in [2.45, 2.75) is 63.5 Å². The van der Waals surface area contributed by atoms with Gasteiger partial charge in [-0.05, 0) is 58.6 Å². The molecule has 2 saturated heterocycles. The maximum absolute atomic E-state index is 13.3. The molecule has 0 N–H and O–H groups in total. The highest BCUT2D eigenvalue weighted by atomic mass is 32.2. The lowest BCUT2D eigenvalue weighted by molar-refractivity contribution is -0.122. The Morgan fingerprint density at radius 2 is 1.83 bits per heavy atom. The number of carbonyl (C=O) groups is 2. The summed E-state index contributed by atoms with van der Waals surface area (Å²) in [5.74, 6) is 0.129. The number of ether oxygens (including phenoxy) is 1. The van der Waals surface area contributed by atoms with E-state index < -0.39 is 33.2 Å². The number of Topliss-reactive ketones (excluding diaryl/α,β-unsaturated/α-hetero) is 1. The number of likely N-dealkylation sites (tertiary alicyclic amines) is 1. The van der Waals surface area contributed by atoms with Crippen LogP contribution in [0.15, 0.2) is 29.2 Å². The summed E-state index contributed by atoms with van der Waals surface area (Å²) in [6.45, 7) is 8.39. The van der Waals surface area contributed by atoms with E-state index >= 15 is 0 Å². The fourth-order valence-corrected chi connectivity index (χ4v) is 6.89. The summed E-state index contributed by atoms with van der Waals surface area (Å²) >= 11 is 0. The van der Waals surface area contributed by atoms with E-state index in [0.717, 1.165) is 5.56 Å². The van der Waals surface area contributed by atoms with E-state index in [-0.39, 0.29) is 23.1 Å². The van der Waals surface area contributed by atoms with E-state index in [1.165, 1.54) is 9.21 Å². The molecule has 4 rings (SSSR count). The molecule has 1 aromatic carbocycles. The first kappa shape index (κ1) is 21.3. The average molecular weight is 435 g/mol. The lowest BCUT2D eigenvalue weighted by atomic mass is 9.71. The highest BCUT2D eigenvalue weighted by Gasteiger charge is 2.64. The van der Waals surface area contributed by atoms with Crippen molar-refractivity contribution in [1.82, 2.24) is 9.21 Å². The van der Waals surface area contributed by atoms with Gasteiger partial charge >= 0.3 is 6.09 Å². The van der Waals surface area contributed by atoms with Crippen LogP contribution in [-0.4, -0.2) is 60.8 Å². The molecule has 1 spiro atoms. The van der Waals surface area contributed by atoms with Gasteiger partial charge in [0.15, 0.2) is 5.78 Å². The van der Waals surface area contributed by atoms with Crippen LogP contribution in [0.5, 0.6) is 0 Å².